The van der Waals surface area contributed by atoms with Crippen LogP contribution in [0.2, 0.25) is 0 Å². The van der Waals surface area contributed by atoms with E-state index < -0.39 is 5.92 Å². The predicted molar refractivity (Wildman–Crippen MR) is 181 cm³/mol. The van der Waals surface area contributed by atoms with Gasteiger partial charge in [-0.05, 0) is 101 Å². The Bertz CT molecular complexity index is 1580. The monoisotopic (exact) mass is 676 g/mol. The second-order valence-electron chi connectivity index (χ2n) is 14.4. The molecule has 0 saturated carbocycles. The molecule has 45 heavy (non-hydrogen) atoms. The molecule has 1 N–H and O–H groups in total. The van der Waals surface area contributed by atoms with E-state index in [0.29, 0.717) is 34.5 Å². The maximum absolute atomic E-state index is 14.0. The number of benzene rings is 2. The van der Waals surface area contributed by atoms with E-state index >= 15 is 0 Å². The van der Waals surface area contributed by atoms with Crippen molar-refractivity contribution in [1.29, 1.82) is 0 Å². The van der Waals surface area contributed by atoms with E-state index in [1.165, 1.54) is 0 Å². The van der Waals surface area contributed by atoms with Crippen LogP contribution in [-0.4, -0.2) is 42.6 Å². The molecule has 2 aromatic carbocycles. The second-order valence-corrected chi connectivity index (χ2v) is 15.2. The Labute approximate surface area is 275 Å². The van der Waals surface area contributed by atoms with Crippen molar-refractivity contribution < 1.29 is 23.9 Å². The molecule has 1 aliphatic heterocycles. The minimum atomic E-state index is -0.498. The zero-order valence-corrected chi connectivity index (χ0v) is 29.4. The topological polar surface area (TPSA) is 84.9 Å². The first kappa shape index (κ1) is 33.0. The lowest BCUT2D eigenvalue weighted by Gasteiger charge is -2.49. The number of ketones is 2. The van der Waals surface area contributed by atoms with Crippen LogP contribution in [0.25, 0.3) is 0 Å². The van der Waals surface area contributed by atoms with Gasteiger partial charge in [0.05, 0.1) is 11.6 Å². The largest absolute Gasteiger partial charge is 0.493 e. The molecule has 3 aliphatic rings. The van der Waals surface area contributed by atoms with Crippen molar-refractivity contribution in [2.24, 2.45) is 10.8 Å². The molecule has 8 heteroatoms. The molecule has 7 nitrogen and oxygen atoms in total. The SMILES string of the molecule is CCCN1C2=C(C(=O)CC(C)(C)C2)C(c2cc(Br)c(OCC(=O)Nc3ccc(C)c(C)c3)c(OC)c2)C2=C1CC(C)(C)CC2=O. The molecule has 0 aromatic heterocycles. The van der Waals surface area contributed by atoms with Crippen LogP contribution in [0, 0.1) is 24.7 Å². The normalized spacial score (nSPS) is 19.4. The third kappa shape index (κ3) is 6.62. The zero-order chi connectivity index (χ0) is 32.8. The Morgan fingerprint density at radius 3 is 2.07 bits per heavy atom. The highest BCUT2D eigenvalue weighted by atomic mass is 79.9. The molecule has 0 unspecified atom stereocenters. The van der Waals surface area contributed by atoms with Gasteiger partial charge in [-0.1, -0.05) is 40.7 Å². The number of anilines is 1. The van der Waals surface area contributed by atoms with Crippen molar-refractivity contribution >= 4 is 39.1 Å². The van der Waals surface area contributed by atoms with Gasteiger partial charge >= 0.3 is 0 Å². The van der Waals surface area contributed by atoms with Gasteiger partial charge in [-0.25, -0.2) is 0 Å². The number of Topliss-reactive ketones (excluding diaryl/α,β-unsaturated/α-hetero) is 2. The standard InChI is InChI=1S/C37H45BrN2O5/c1-9-12-40-26-16-36(4,5)18-28(41)33(26)32(34-27(40)17-37(6,7)19-29(34)42)23-14-25(38)35(30(15-23)44-8)45-20-31(43)39-24-11-10-21(2)22(3)13-24/h10-11,13-15,32H,9,12,16-20H2,1-8H3,(H,39,43). The van der Waals surface area contributed by atoms with Gasteiger partial charge in [0.25, 0.3) is 5.91 Å². The summed E-state index contributed by atoms with van der Waals surface area (Å²) in [6.07, 6.45) is 3.31. The summed E-state index contributed by atoms with van der Waals surface area (Å²) in [6.45, 7) is 15.3. The van der Waals surface area contributed by atoms with E-state index in [1.54, 1.807) is 7.11 Å². The fraction of sp³-hybridized carbons (Fsp3) is 0.486. The number of carbonyl (C=O) groups is 3. The highest BCUT2D eigenvalue weighted by molar-refractivity contribution is 9.10. The van der Waals surface area contributed by atoms with Gasteiger partial charge < -0.3 is 19.7 Å². The fourth-order valence-corrected chi connectivity index (χ4v) is 7.65. The molecule has 240 valence electrons. The Morgan fingerprint density at radius 1 is 0.933 bits per heavy atom. The Balaban J connectivity index is 1.54. The quantitative estimate of drug-likeness (QED) is 0.304. The summed E-state index contributed by atoms with van der Waals surface area (Å²) in [7, 11) is 1.55. The molecule has 1 amide bonds. The van der Waals surface area contributed by atoms with Crippen LogP contribution in [0.5, 0.6) is 11.5 Å². The molecular weight excluding hydrogens is 632 g/mol. The maximum atomic E-state index is 14.0. The number of nitrogens with zero attached hydrogens (tertiary/aromatic N) is 1. The molecule has 0 bridgehead atoms. The highest BCUT2D eigenvalue weighted by Gasteiger charge is 2.49. The summed E-state index contributed by atoms with van der Waals surface area (Å²) in [5, 5.41) is 2.89. The number of ether oxygens (including phenoxy) is 2. The Morgan fingerprint density at radius 2 is 1.53 bits per heavy atom. The molecule has 0 spiro atoms. The number of hydrogen-bond donors (Lipinski definition) is 1. The van der Waals surface area contributed by atoms with Crippen LogP contribution in [0.1, 0.15) is 89.3 Å². The van der Waals surface area contributed by atoms with Gasteiger partial charge in [-0.2, -0.15) is 0 Å². The second kappa shape index (κ2) is 12.4. The van der Waals surface area contributed by atoms with E-state index in [-0.39, 0.29) is 34.9 Å². The van der Waals surface area contributed by atoms with Crippen molar-refractivity contribution in [3.63, 3.8) is 0 Å². The van der Waals surface area contributed by atoms with Crippen molar-refractivity contribution in [2.75, 3.05) is 25.6 Å². The molecule has 0 fully saturated rings. The average molecular weight is 678 g/mol. The van der Waals surface area contributed by atoms with Crippen LogP contribution in [0.4, 0.5) is 5.69 Å². The minimum absolute atomic E-state index is 0.0926. The Hall–Kier alpha value is -3.39. The number of methoxy groups -OCH3 is 1. The summed E-state index contributed by atoms with van der Waals surface area (Å²) in [5.41, 5.74) is 6.94. The van der Waals surface area contributed by atoms with E-state index in [2.05, 4.69) is 60.8 Å². The van der Waals surface area contributed by atoms with Crippen molar-refractivity contribution in [3.8, 4) is 11.5 Å². The lowest BCUT2D eigenvalue weighted by atomic mass is 9.63. The number of aryl methyl sites for hydroxylation is 2. The van der Waals surface area contributed by atoms with Gasteiger partial charge in [0.15, 0.2) is 29.7 Å². The van der Waals surface area contributed by atoms with Crippen LogP contribution in [-0.2, 0) is 14.4 Å². The number of amides is 1. The number of rotatable bonds is 8. The number of carbonyl (C=O) groups excluding carboxylic acids is 3. The van der Waals surface area contributed by atoms with Gasteiger partial charge in [0.1, 0.15) is 0 Å². The third-order valence-electron chi connectivity index (χ3n) is 9.19. The zero-order valence-electron chi connectivity index (χ0n) is 27.8. The predicted octanol–water partition coefficient (Wildman–Crippen LogP) is 8.19. The average Bonchev–Trinajstić information content (AvgIpc) is 2.93. The van der Waals surface area contributed by atoms with Crippen LogP contribution in [0.3, 0.4) is 0 Å². The molecule has 1 heterocycles. The molecule has 0 saturated heterocycles. The number of nitrogens with one attached hydrogen (secondary N) is 1. The molecule has 2 aromatic rings. The number of allylic oxidation sites excluding steroid dienone is 4. The summed E-state index contributed by atoms with van der Waals surface area (Å²) >= 11 is 3.67. The molecule has 0 atom stereocenters. The van der Waals surface area contributed by atoms with Crippen LogP contribution < -0.4 is 14.8 Å². The minimum Gasteiger partial charge on any atom is -0.493 e. The summed E-state index contributed by atoms with van der Waals surface area (Å²) < 4.78 is 12.4. The first-order valence-corrected chi connectivity index (χ1v) is 16.6. The van der Waals surface area contributed by atoms with Gasteiger partial charge in [-0.15, -0.1) is 0 Å². The summed E-state index contributed by atoms with van der Waals surface area (Å²) in [4.78, 5) is 43.2. The third-order valence-corrected chi connectivity index (χ3v) is 9.78. The van der Waals surface area contributed by atoms with E-state index in [0.717, 1.165) is 65.0 Å². The summed E-state index contributed by atoms with van der Waals surface area (Å²) in [5.74, 6) is 0.198. The van der Waals surface area contributed by atoms with E-state index in [9.17, 15) is 14.4 Å². The molecular formula is C37H45BrN2O5. The van der Waals surface area contributed by atoms with Crippen LogP contribution in [0.15, 0.2) is 57.3 Å². The first-order chi connectivity index (χ1) is 21.1. The molecule has 0 radical (unpaired) electrons. The lowest BCUT2D eigenvalue weighted by Crippen LogP contribution is -2.44. The van der Waals surface area contributed by atoms with Gasteiger partial charge in [0.2, 0.25) is 0 Å². The number of halogens is 1. The molecule has 2 aliphatic carbocycles. The van der Waals surface area contributed by atoms with Gasteiger partial charge in [0, 0.05) is 53.5 Å². The smallest absolute Gasteiger partial charge is 0.262 e. The number of hydrogen-bond acceptors (Lipinski definition) is 6. The van der Waals surface area contributed by atoms with Crippen molar-refractivity contribution in [3.05, 3.63) is 74.0 Å². The highest BCUT2D eigenvalue weighted by Crippen LogP contribution is 2.55. The van der Waals surface area contributed by atoms with Crippen molar-refractivity contribution in [1.82, 2.24) is 4.90 Å². The van der Waals surface area contributed by atoms with E-state index in [4.69, 9.17) is 9.47 Å². The van der Waals surface area contributed by atoms with E-state index in [1.807, 2.05) is 44.2 Å². The maximum Gasteiger partial charge on any atom is 0.262 e. The summed E-state index contributed by atoms with van der Waals surface area (Å²) in [6, 6.07) is 9.53. The molecule has 5 rings (SSSR count). The lowest BCUT2D eigenvalue weighted by molar-refractivity contribution is -0.120. The van der Waals surface area contributed by atoms with Crippen molar-refractivity contribution in [2.45, 2.75) is 86.5 Å². The van der Waals surface area contributed by atoms with Crippen LogP contribution >= 0.6 is 15.9 Å². The fourth-order valence-electron chi connectivity index (χ4n) is 7.08. The first-order valence-electron chi connectivity index (χ1n) is 15.8. The van der Waals surface area contributed by atoms with Gasteiger partial charge in [-0.3, -0.25) is 14.4 Å². The Kier molecular flexibility index (Phi) is 9.11.